The van der Waals surface area contributed by atoms with Gasteiger partial charge in [0.25, 0.3) is 0 Å². The lowest BCUT2D eigenvalue weighted by atomic mass is 9.54. The van der Waals surface area contributed by atoms with Crippen molar-refractivity contribution in [3.63, 3.8) is 0 Å². The summed E-state index contributed by atoms with van der Waals surface area (Å²) >= 11 is 6.56. The number of rotatable bonds is 9. The molecule has 6 heteroatoms. The van der Waals surface area contributed by atoms with Crippen LogP contribution in [-0.2, 0) is 11.3 Å². The van der Waals surface area contributed by atoms with Gasteiger partial charge in [-0.3, -0.25) is 4.98 Å². The summed E-state index contributed by atoms with van der Waals surface area (Å²) in [5.41, 5.74) is 9.55. The molecule has 40 heavy (non-hydrogen) atoms. The fourth-order valence-corrected chi connectivity index (χ4v) is 4.84. The molecule has 0 aliphatic carbocycles. The van der Waals surface area contributed by atoms with Crippen LogP contribution in [0.4, 0.5) is 0 Å². The zero-order chi connectivity index (χ0) is 28.1. The number of pyridine rings is 1. The monoisotopic (exact) mass is 543 g/mol. The van der Waals surface area contributed by atoms with Crippen molar-refractivity contribution in [3.05, 3.63) is 142 Å². The normalized spacial score (nSPS) is 10.8. The van der Waals surface area contributed by atoms with Crippen LogP contribution in [0.2, 0.25) is 5.02 Å². The van der Waals surface area contributed by atoms with Gasteiger partial charge in [-0.2, -0.15) is 0 Å². The van der Waals surface area contributed by atoms with Gasteiger partial charge in [-0.1, -0.05) is 102 Å². The molecule has 0 fully saturated rings. The Kier molecular flexibility index (Phi) is 8.74. The molecule has 0 saturated heterocycles. The Morgan fingerprint density at radius 2 is 1.20 bits per heavy atom. The largest absolute Gasteiger partial charge is 0.551 e. The molecule has 1 aromatic heterocycles. The lowest BCUT2D eigenvalue weighted by molar-refractivity contribution is 0.316. The van der Waals surface area contributed by atoms with Gasteiger partial charge in [0.05, 0.1) is 12.3 Å². The maximum absolute atomic E-state index is 6.83. The molecule has 1 heterocycles. The Labute approximate surface area is 243 Å². The topological polar surface area (TPSA) is 31.4 Å². The van der Waals surface area contributed by atoms with Crippen molar-refractivity contribution < 1.29 is 9.31 Å². The molecule has 0 spiro atoms. The Morgan fingerprint density at radius 1 is 0.625 bits per heavy atom. The summed E-state index contributed by atoms with van der Waals surface area (Å²) in [5.74, 6) is 0.804. The minimum atomic E-state index is -0.320. The molecular formula is C34H32B2ClNO2. The Hall–Kier alpha value is -3.79. The molecular weight excluding hydrogens is 511 g/mol. The van der Waals surface area contributed by atoms with Gasteiger partial charge in [-0.25, -0.2) is 0 Å². The van der Waals surface area contributed by atoms with E-state index >= 15 is 0 Å². The second-order valence-corrected chi connectivity index (χ2v) is 10.8. The predicted octanol–water partition coefficient (Wildman–Crippen LogP) is 5.48. The Bertz CT molecular complexity index is 1570. The molecule has 0 bridgehead atoms. The van der Waals surface area contributed by atoms with Gasteiger partial charge < -0.3 is 9.31 Å². The van der Waals surface area contributed by atoms with Crippen LogP contribution in [0.5, 0.6) is 5.75 Å². The highest BCUT2D eigenvalue weighted by molar-refractivity contribution is 6.81. The van der Waals surface area contributed by atoms with Crippen LogP contribution in [0.3, 0.4) is 0 Å². The number of benzene rings is 4. The molecule has 3 nitrogen and oxygen atoms in total. The lowest BCUT2D eigenvalue weighted by Gasteiger charge is -2.21. The number of nitrogens with zero attached hydrogens (tertiary/aromatic N) is 1. The van der Waals surface area contributed by atoms with Crippen molar-refractivity contribution >= 4 is 47.3 Å². The maximum Gasteiger partial charge on any atom is 0.426 e. The fourth-order valence-electron chi connectivity index (χ4n) is 4.65. The number of hydrogen-bond donors (Lipinski definition) is 0. The summed E-state index contributed by atoms with van der Waals surface area (Å²) in [6.07, 6.45) is 1.79. The van der Waals surface area contributed by atoms with Crippen LogP contribution in [0.1, 0.15) is 27.9 Å². The van der Waals surface area contributed by atoms with Crippen molar-refractivity contribution in [1.29, 1.82) is 0 Å². The van der Waals surface area contributed by atoms with Gasteiger partial charge in [-0.15, -0.1) is 0 Å². The van der Waals surface area contributed by atoms with Crippen LogP contribution in [-0.4, -0.2) is 18.8 Å². The second-order valence-electron chi connectivity index (χ2n) is 10.4. The van der Waals surface area contributed by atoms with E-state index < -0.39 is 0 Å². The first-order valence-electron chi connectivity index (χ1n) is 13.6. The van der Waals surface area contributed by atoms with E-state index in [0.29, 0.717) is 6.61 Å². The molecule has 0 unspecified atom stereocenters. The van der Waals surface area contributed by atoms with E-state index in [1.54, 1.807) is 6.20 Å². The SMILES string of the molecule is Cc1ccc(B(OCc2ccccn2)c2ccc(C)c(OB(c3ccc(C)cc3)c3ccc(C)c(Cl)c3)c2)cc1. The average molecular weight is 544 g/mol. The van der Waals surface area contributed by atoms with Crippen LogP contribution in [0.25, 0.3) is 0 Å². The highest BCUT2D eigenvalue weighted by Gasteiger charge is 2.27. The third kappa shape index (κ3) is 6.67. The average Bonchev–Trinajstić information content (AvgIpc) is 2.97. The van der Waals surface area contributed by atoms with Crippen molar-refractivity contribution in [1.82, 2.24) is 4.98 Å². The van der Waals surface area contributed by atoms with Crippen molar-refractivity contribution in [2.45, 2.75) is 34.3 Å². The van der Waals surface area contributed by atoms with Crippen LogP contribution < -0.4 is 26.5 Å². The standard InChI is InChI=1S/C34H32B2ClNO2/c1-24-8-14-28(15-9-24)35(39-23-32-7-5-6-20-38-32)31-19-13-27(4)34(22-31)40-36(29-16-10-25(2)11-17-29)30-18-12-26(3)33(37)21-30/h5-22H,23H2,1-4H3. The summed E-state index contributed by atoms with van der Waals surface area (Å²) in [7, 11) is 0. The fraction of sp³-hybridized carbons (Fsp3) is 0.147. The van der Waals surface area contributed by atoms with E-state index in [1.165, 1.54) is 11.1 Å². The van der Waals surface area contributed by atoms with Gasteiger partial charge in [-0.05, 0) is 84.9 Å². The van der Waals surface area contributed by atoms with Crippen molar-refractivity contribution in [3.8, 4) is 5.75 Å². The zero-order valence-electron chi connectivity index (χ0n) is 23.4. The van der Waals surface area contributed by atoms with Gasteiger partial charge in [0.1, 0.15) is 5.75 Å². The van der Waals surface area contributed by atoms with Gasteiger partial charge >= 0.3 is 13.8 Å². The quantitative estimate of drug-likeness (QED) is 0.231. The summed E-state index contributed by atoms with van der Waals surface area (Å²) in [5, 5.41) is 0.728. The smallest absolute Gasteiger partial charge is 0.426 e. The van der Waals surface area contributed by atoms with Gasteiger partial charge in [0.2, 0.25) is 0 Å². The number of aryl methyl sites for hydroxylation is 4. The number of aromatic nitrogens is 1. The number of hydrogen-bond acceptors (Lipinski definition) is 3. The van der Waals surface area contributed by atoms with Crippen LogP contribution in [0, 0.1) is 27.7 Å². The highest BCUT2D eigenvalue weighted by Crippen LogP contribution is 2.19. The van der Waals surface area contributed by atoms with Crippen molar-refractivity contribution in [2.24, 2.45) is 0 Å². The molecule has 198 valence electrons. The minimum Gasteiger partial charge on any atom is -0.551 e. The molecule has 0 aliphatic heterocycles. The van der Waals surface area contributed by atoms with E-state index in [4.69, 9.17) is 20.9 Å². The van der Waals surface area contributed by atoms with E-state index in [-0.39, 0.29) is 13.8 Å². The molecule has 0 atom stereocenters. The zero-order valence-corrected chi connectivity index (χ0v) is 24.2. The summed E-state index contributed by atoms with van der Waals surface area (Å²) in [6, 6.07) is 35.3. The summed E-state index contributed by atoms with van der Waals surface area (Å²) in [6.45, 7) is 8.06. The molecule has 0 saturated carbocycles. The van der Waals surface area contributed by atoms with E-state index in [2.05, 4.69) is 98.6 Å². The maximum atomic E-state index is 6.83. The van der Waals surface area contributed by atoms with E-state index in [1.807, 2.05) is 37.3 Å². The van der Waals surface area contributed by atoms with Crippen LogP contribution >= 0.6 is 11.6 Å². The third-order valence-electron chi connectivity index (χ3n) is 7.14. The minimum absolute atomic E-state index is 0.280. The molecule has 5 aromatic rings. The Morgan fingerprint density at radius 3 is 1.80 bits per heavy atom. The Balaban J connectivity index is 1.52. The molecule has 5 rings (SSSR count). The van der Waals surface area contributed by atoms with Crippen molar-refractivity contribution in [2.75, 3.05) is 0 Å². The molecule has 0 amide bonds. The lowest BCUT2D eigenvalue weighted by Crippen LogP contribution is -2.48. The molecule has 4 aromatic carbocycles. The second kappa shape index (κ2) is 12.6. The van der Waals surface area contributed by atoms with E-state index in [9.17, 15) is 0 Å². The number of halogens is 1. The molecule has 0 N–H and O–H groups in total. The first-order chi connectivity index (χ1) is 19.4. The predicted molar refractivity (Wildman–Crippen MR) is 169 cm³/mol. The molecule has 0 aliphatic rings. The van der Waals surface area contributed by atoms with Gasteiger partial charge in [0, 0.05) is 11.2 Å². The van der Waals surface area contributed by atoms with Crippen LogP contribution in [0.15, 0.2) is 109 Å². The van der Waals surface area contributed by atoms with Gasteiger partial charge in [0.15, 0.2) is 0 Å². The third-order valence-corrected chi connectivity index (χ3v) is 7.55. The summed E-state index contributed by atoms with van der Waals surface area (Å²) in [4.78, 5) is 4.45. The van der Waals surface area contributed by atoms with E-state index in [0.717, 1.165) is 49.4 Å². The first kappa shape index (κ1) is 27.8. The summed E-state index contributed by atoms with van der Waals surface area (Å²) < 4.78 is 13.4. The molecule has 0 radical (unpaired) electrons. The first-order valence-corrected chi connectivity index (χ1v) is 13.9. The highest BCUT2D eigenvalue weighted by atomic mass is 35.5.